The molecule has 0 unspecified atom stereocenters. The lowest BCUT2D eigenvalue weighted by atomic mass is 10.3. The number of anilines is 1. The van der Waals surface area contributed by atoms with Crippen LogP contribution in [0.5, 0.6) is 0 Å². The third kappa shape index (κ3) is 3.00. The highest BCUT2D eigenvalue weighted by atomic mass is 32.1. The molecule has 0 amide bonds. The highest BCUT2D eigenvalue weighted by Crippen LogP contribution is 2.34. The molecule has 0 aliphatic rings. The van der Waals surface area contributed by atoms with Gasteiger partial charge in [0, 0.05) is 26.5 Å². The molecule has 122 valence electrons. The zero-order chi connectivity index (χ0) is 17.2. The fraction of sp³-hybridized carbons (Fsp3) is 0.100. The summed E-state index contributed by atoms with van der Waals surface area (Å²) in [4.78, 5) is 13.2. The number of imidazole rings is 1. The van der Waals surface area contributed by atoms with Crippen molar-refractivity contribution < 1.29 is 0 Å². The first-order chi connectivity index (χ1) is 12.2. The maximum absolute atomic E-state index is 4.81. The Morgan fingerprint density at radius 2 is 1.88 bits per heavy atom. The summed E-state index contributed by atoms with van der Waals surface area (Å²) >= 11 is 1.65. The maximum Gasteiger partial charge on any atom is 0.141 e. The molecule has 0 saturated heterocycles. The van der Waals surface area contributed by atoms with Crippen LogP contribution in [0.25, 0.3) is 16.2 Å². The zero-order valence-corrected chi connectivity index (χ0v) is 14.8. The Morgan fingerprint density at radius 1 is 1.00 bits per heavy atom. The van der Waals surface area contributed by atoms with Gasteiger partial charge in [-0.25, -0.2) is 9.97 Å². The van der Waals surface area contributed by atoms with Gasteiger partial charge >= 0.3 is 0 Å². The van der Waals surface area contributed by atoms with Crippen LogP contribution in [0.1, 0.15) is 10.6 Å². The Kier molecular flexibility index (Phi) is 3.96. The molecule has 4 heterocycles. The van der Waals surface area contributed by atoms with Gasteiger partial charge < -0.3 is 4.90 Å². The molecule has 0 fully saturated rings. The minimum atomic E-state index is 0.777. The second kappa shape index (κ2) is 6.42. The molecule has 0 bridgehead atoms. The van der Waals surface area contributed by atoms with Gasteiger partial charge in [0.15, 0.2) is 0 Å². The molecule has 4 aromatic heterocycles. The summed E-state index contributed by atoms with van der Waals surface area (Å²) < 4.78 is 2.11. The molecule has 4 rings (SSSR count). The van der Waals surface area contributed by atoms with E-state index < -0.39 is 0 Å². The number of hydrogen-bond acceptors (Lipinski definition) is 4. The zero-order valence-electron chi connectivity index (χ0n) is 14.0. The van der Waals surface area contributed by atoms with Crippen LogP contribution in [0.15, 0.2) is 60.9 Å². The average Bonchev–Trinajstić information content (AvgIpc) is 3.25. The summed E-state index contributed by atoms with van der Waals surface area (Å²) in [6, 6.07) is 15.9. The second-order valence-electron chi connectivity index (χ2n) is 5.74. The first-order valence-corrected chi connectivity index (χ1v) is 8.72. The van der Waals surface area contributed by atoms with E-state index in [0.717, 1.165) is 32.6 Å². The Hall–Kier alpha value is -3.10. The van der Waals surface area contributed by atoms with E-state index in [-0.39, 0.29) is 0 Å². The van der Waals surface area contributed by atoms with Crippen molar-refractivity contribution in [1.29, 1.82) is 0 Å². The van der Waals surface area contributed by atoms with Crippen molar-refractivity contribution in [2.24, 2.45) is 0 Å². The predicted octanol–water partition coefficient (Wildman–Crippen LogP) is 3.92. The van der Waals surface area contributed by atoms with E-state index in [0.29, 0.717) is 0 Å². The molecule has 0 radical (unpaired) electrons. The van der Waals surface area contributed by atoms with Gasteiger partial charge in [-0.2, -0.15) is 0 Å². The first-order valence-electron chi connectivity index (χ1n) is 7.90. The van der Waals surface area contributed by atoms with E-state index in [2.05, 4.69) is 32.2 Å². The van der Waals surface area contributed by atoms with Crippen LogP contribution in [0, 0.1) is 11.8 Å². The molecule has 0 atom stereocenters. The van der Waals surface area contributed by atoms with E-state index in [1.165, 1.54) is 0 Å². The molecule has 0 N–H and O–H groups in total. The molecule has 5 heteroatoms. The molecule has 0 aliphatic heterocycles. The standard InChI is InChI=1S/C20H16N4S/c1-23(2)20-19(22-18-8-4-6-14-24(18)20)17-12-11-16(25-17)10-9-15-7-3-5-13-21-15/h3-8,11-14H,1-2H3. The van der Waals surface area contributed by atoms with Gasteiger partial charge in [0.25, 0.3) is 0 Å². The molecule has 0 aliphatic carbocycles. The van der Waals surface area contributed by atoms with Crippen molar-refractivity contribution >= 4 is 22.8 Å². The number of thiophene rings is 1. The van der Waals surface area contributed by atoms with Crippen molar-refractivity contribution in [3.8, 4) is 22.4 Å². The van der Waals surface area contributed by atoms with Crippen molar-refractivity contribution in [3.05, 3.63) is 71.5 Å². The lowest BCUT2D eigenvalue weighted by molar-refractivity contribution is 1.04. The summed E-state index contributed by atoms with van der Waals surface area (Å²) in [5, 5.41) is 0. The van der Waals surface area contributed by atoms with E-state index in [1.54, 1.807) is 17.5 Å². The highest BCUT2D eigenvalue weighted by molar-refractivity contribution is 7.16. The lowest BCUT2D eigenvalue weighted by Gasteiger charge is -2.13. The summed E-state index contributed by atoms with van der Waals surface area (Å²) in [5.74, 6) is 7.37. The Labute approximate surface area is 150 Å². The topological polar surface area (TPSA) is 33.4 Å². The number of nitrogens with zero attached hydrogens (tertiary/aromatic N) is 4. The molecule has 0 saturated carbocycles. The summed E-state index contributed by atoms with van der Waals surface area (Å²) in [6.45, 7) is 0. The van der Waals surface area contributed by atoms with Crippen LogP contribution in [-0.4, -0.2) is 28.5 Å². The number of rotatable bonds is 2. The van der Waals surface area contributed by atoms with Gasteiger partial charge in [0.1, 0.15) is 22.9 Å². The summed E-state index contributed by atoms with van der Waals surface area (Å²) in [5.41, 5.74) is 2.70. The number of pyridine rings is 2. The normalized spacial score (nSPS) is 10.5. The van der Waals surface area contributed by atoms with Crippen molar-refractivity contribution in [2.75, 3.05) is 19.0 Å². The van der Waals surface area contributed by atoms with Crippen LogP contribution in [0.2, 0.25) is 0 Å². The van der Waals surface area contributed by atoms with Crippen molar-refractivity contribution in [3.63, 3.8) is 0 Å². The summed E-state index contributed by atoms with van der Waals surface area (Å²) in [7, 11) is 4.07. The third-order valence-electron chi connectivity index (χ3n) is 3.75. The monoisotopic (exact) mass is 344 g/mol. The largest absolute Gasteiger partial charge is 0.362 e. The Bertz CT molecular complexity index is 1080. The quantitative estimate of drug-likeness (QED) is 0.517. The van der Waals surface area contributed by atoms with Gasteiger partial charge in [0.2, 0.25) is 0 Å². The molecule has 25 heavy (non-hydrogen) atoms. The van der Waals surface area contributed by atoms with Crippen LogP contribution in [0.4, 0.5) is 5.82 Å². The Balaban J connectivity index is 1.75. The number of aromatic nitrogens is 3. The van der Waals surface area contributed by atoms with E-state index >= 15 is 0 Å². The van der Waals surface area contributed by atoms with Crippen molar-refractivity contribution in [1.82, 2.24) is 14.4 Å². The molecule has 0 spiro atoms. The van der Waals surface area contributed by atoms with E-state index in [4.69, 9.17) is 4.98 Å². The lowest BCUT2D eigenvalue weighted by Crippen LogP contribution is -2.12. The van der Waals surface area contributed by atoms with Crippen LogP contribution >= 0.6 is 11.3 Å². The average molecular weight is 344 g/mol. The molecule has 0 aromatic carbocycles. The van der Waals surface area contributed by atoms with Crippen molar-refractivity contribution in [2.45, 2.75) is 0 Å². The minimum Gasteiger partial charge on any atom is -0.362 e. The van der Waals surface area contributed by atoms with Crippen LogP contribution in [-0.2, 0) is 0 Å². The third-order valence-corrected chi connectivity index (χ3v) is 4.75. The SMILES string of the molecule is CN(C)c1c(-c2ccc(C#Cc3ccccn3)s2)nc2ccccn12. The fourth-order valence-electron chi connectivity index (χ4n) is 2.67. The first kappa shape index (κ1) is 15.4. The van der Waals surface area contributed by atoms with Gasteiger partial charge in [-0.1, -0.05) is 12.1 Å². The molecular weight excluding hydrogens is 328 g/mol. The van der Waals surface area contributed by atoms with Gasteiger partial charge in [-0.3, -0.25) is 4.40 Å². The van der Waals surface area contributed by atoms with Crippen LogP contribution < -0.4 is 4.90 Å². The Morgan fingerprint density at radius 3 is 2.68 bits per heavy atom. The van der Waals surface area contributed by atoms with Gasteiger partial charge in [-0.05, 0) is 48.2 Å². The van der Waals surface area contributed by atoms with E-state index in [1.807, 2.05) is 62.8 Å². The number of hydrogen-bond donors (Lipinski definition) is 0. The fourth-order valence-corrected chi connectivity index (χ4v) is 3.51. The predicted molar refractivity (Wildman–Crippen MR) is 103 cm³/mol. The number of fused-ring (bicyclic) bond motifs is 1. The van der Waals surface area contributed by atoms with Gasteiger partial charge in [-0.15, -0.1) is 11.3 Å². The minimum absolute atomic E-state index is 0.777. The summed E-state index contributed by atoms with van der Waals surface area (Å²) in [6.07, 6.45) is 3.79. The van der Waals surface area contributed by atoms with Crippen LogP contribution in [0.3, 0.4) is 0 Å². The highest BCUT2D eigenvalue weighted by Gasteiger charge is 2.16. The second-order valence-corrected chi connectivity index (χ2v) is 6.82. The maximum atomic E-state index is 4.81. The molecule has 4 aromatic rings. The van der Waals surface area contributed by atoms with Gasteiger partial charge in [0.05, 0.1) is 9.75 Å². The molecule has 4 nitrogen and oxygen atoms in total. The van der Waals surface area contributed by atoms with E-state index in [9.17, 15) is 0 Å². The molecular formula is C20H16N4S. The smallest absolute Gasteiger partial charge is 0.141 e.